The molecule has 0 radical (unpaired) electrons. The highest BCUT2D eigenvalue weighted by Crippen LogP contribution is 2.26. The van der Waals surface area contributed by atoms with Gasteiger partial charge in [-0.25, -0.2) is 4.79 Å². The monoisotopic (exact) mass is 156 g/mol. The van der Waals surface area contributed by atoms with E-state index in [2.05, 4.69) is 31.4 Å². The van der Waals surface area contributed by atoms with E-state index in [1.54, 1.807) is 0 Å². The molecule has 0 spiro atoms. The van der Waals surface area contributed by atoms with Gasteiger partial charge in [0.25, 0.3) is 0 Å². The van der Waals surface area contributed by atoms with Crippen molar-refractivity contribution in [2.24, 2.45) is 11.3 Å². The van der Waals surface area contributed by atoms with Crippen LogP contribution in [0.25, 0.3) is 0 Å². The molecule has 1 aliphatic rings. The molecule has 0 aromatic heterocycles. The third kappa shape index (κ3) is 1.64. The lowest BCUT2D eigenvalue weighted by Gasteiger charge is -2.37. The smallest absolute Gasteiger partial charge is 0.314 e. The van der Waals surface area contributed by atoms with E-state index in [9.17, 15) is 4.79 Å². The number of rotatable bonds is 1. The van der Waals surface area contributed by atoms with Gasteiger partial charge in [-0.15, -0.1) is 0 Å². The van der Waals surface area contributed by atoms with E-state index < -0.39 is 0 Å². The standard InChI is InChI=1S/C8H16N2O/c1-6(2)8(3)4-9-7(11)10-5-8/h6H,4-5H2,1-3H3,(H2,9,10,11). The largest absolute Gasteiger partial charge is 0.338 e. The summed E-state index contributed by atoms with van der Waals surface area (Å²) in [7, 11) is 0. The highest BCUT2D eigenvalue weighted by atomic mass is 16.2. The molecular weight excluding hydrogens is 140 g/mol. The fraction of sp³-hybridized carbons (Fsp3) is 0.875. The first-order valence-electron chi connectivity index (χ1n) is 4.06. The van der Waals surface area contributed by atoms with Crippen molar-refractivity contribution in [1.29, 1.82) is 0 Å². The van der Waals surface area contributed by atoms with E-state index >= 15 is 0 Å². The minimum Gasteiger partial charge on any atom is -0.338 e. The Balaban J connectivity index is 2.55. The van der Waals surface area contributed by atoms with Crippen LogP contribution in [0.5, 0.6) is 0 Å². The summed E-state index contributed by atoms with van der Waals surface area (Å²) in [5.74, 6) is 0.593. The summed E-state index contributed by atoms with van der Waals surface area (Å²) in [6, 6.07) is -0.0388. The minimum atomic E-state index is -0.0388. The van der Waals surface area contributed by atoms with E-state index in [-0.39, 0.29) is 11.4 Å². The Hall–Kier alpha value is -0.730. The zero-order valence-electron chi connectivity index (χ0n) is 7.40. The van der Waals surface area contributed by atoms with Crippen LogP contribution in [0.2, 0.25) is 0 Å². The number of amides is 2. The molecule has 2 N–H and O–H groups in total. The Morgan fingerprint density at radius 1 is 1.36 bits per heavy atom. The number of hydrogen-bond donors (Lipinski definition) is 2. The molecule has 1 rings (SSSR count). The Morgan fingerprint density at radius 3 is 2.18 bits per heavy atom. The van der Waals surface area contributed by atoms with Gasteiger partial charge in [0.15, 0.2) is 0 Å². The Labute approximate surface area is 67.5 Å². The molecule has 3 nitrogen and oxygen atoms in total. The zero-order chi connectivity index (χ0) is 8.48. The van der Waals surface area contributed by atoms with Gasteiger partial charge >= 0.3 is 6.03 Å². The molecule has 0 unspecified atom stereocenters. The van der Waals surface area contributed by atoms with Gasteiger partial charge in [0.05, 0.1) is 0 Å². The number of urea groups is 1. The van der Waals surface area contributed by atoms with Crippen molar-refractivity contribution in [2.45, 2.75) is 20.8 Å². The Kier molecular flexibility index (Phi) is 2.07. The second kappa shape index (κ2) is 2.72. The van der Waals surface area contributed by atoms with Crippen LogP contribution in [0.4, 0.5) is 4.79 Å². The first kappa shape index (κ1) is 8.37. The molecule has 0 aromatic carbocycles. The van der Waals surface area contributed by atoms with Gasteiger partial charge in [0.2, 0.25) is 0 Å². The van der Waals surface area contributed by atoms with E-state index in [4.69, 9.17) is 0 Å². The Bertz CT molecular complexity index is 155. The van der Waals surface area contributed by atoms with Gasteiger partial charge < -0.3 is 10.6 Å². The predicted octanol–water partition coefficient (Wildman–Crippen LogP) is 0.961. The quantitative estimate of drug-likeness (QED) is 0.583. The first-order chi connectivity index (χ1) is 5.04. The summed E-state index contributed by atoms with van der Waals surface area (Å²) in [5.41, 5.74) is 0.216. The van der Waals surface area contributed by atoms with Crippen molar-refractivity contribution < 1.29 is 4.79 Å². The molecule has 11 heavy (non-hydrogen) atoms. The molecule has 1 aliphatic heterocycles. The highest BCUT2D eigenvalue weighted by molar-refractivity contribution is 5.74. The van der Waals surface area contributed by atoms with Crippen LogP contribution in [-0.4, -0.2) is 19.1 Å². The SMILES string of the molecule is CC(C)C1(C)CNC(=O)NC1. The topological polar surface area (TPSA) is 41.1 Å². The molecule has 2 amide bonds. The molecule has 1 saturated heterocycles. The third-order valence-corrected chi connectivity index (χ3v) is 2.70. The van der Waals surface area contributed by atoms with Crippen molar-refractivity contribution in [3.05, 3.63) is 0 Å². The molecule has 3 heteroatoms. The van der Waals surface area contributed by atoms with Gasteiger partial charge in [-0.3, -0.25) is 0 Å². The van der Waals surface area contributed by atoms with Crippen LogP contribution in [0.1, 0.15) is 20.8 Å². The molecule has 0 bridgehead atoms. The number of carbonyl (C=O) groups excluding carboxylic acids is 1. The predicted molar refractivity (Wildman–Crippen MR) is 44.3 cm³/mol. The van der Waals surface area contributed by atoms with Crippen LogP contribution in [-0.2, 0) is 0 Å². The third-order valence-electron chi connectivity index (χ3n) is 2.70. The summed E-state index contributed by atoms with van der Waals surface area (Å²) in [6.45, 7) is 8.12. The van der Waals surface area contributed by atoms with Crippen LogP contribution in [0.15, 0.2) is 0 Å². The molecule has 1 heterocycles. The molecule has 0 aliphatic carbocycles. The molecule has 64 valence electrons. The van der Waals surface area contributed by atoms with Gasteiger partial charge in [0, 0.05) is 18.5 Å². The lowest BCUT2D eigenvalue weighted by Crippen LogP contribution is -2.55. The van der Waals surface area contributed by atoms with Crippen LogP contribution in [0.3, 0.4) is 0 Å². The van der Waals surface area contributed by atoms with Gasteiger partial charge in [0.1, 0.15) is 0 Å². The Morgan fingerprint density at radius 2 is 1.82 bits per heavy atom. The van der Waals surface area contributed by atoms with E-state index in [1.807, 2.05) is 0 Å². The molecule has 0 aromatic rings. The number of nitrogens with one attached hydrogen (secondary N) is 2. The van der Waals surface area contributed by atoms with Crippen LogP contribution in [0, 0.1) is 11.3 Å². The van der Waals surface area contributed by atoms with Crippen LogP contribution >= 0.6 is 0 Å². The summed E-state index contributed by atoms with van der Waals surface area (Å²) in [5, 5.41) is 5.61. The average molecular weight is 156 g/mol. The molecule has 0 atom stereocenters. The van der Waals surface area contributed by atoms with Gasteiger partial charge in [-0.2, -0.15) is 0 Å². The summed E-state index contributed by atoms with van der Waals surface area (Å²) in [4.78, 5) is 10.8. The average Bonchev–Trinajstić information content (AvgIpc) is 1.95. The maximum absolute atomic E-state index is 10.8. The van der Waals surface area contributed by atoms with Gasteiger partial charge in [-0.1, -0.05) is 20.8 Å². The van der Waals surface area contributed by atoms with Gasteiger partial charge in [-0.05, 0) is 5.92 Å². The maximum Gasteiger partial charge on any atom is 0.314 e. The number of hydrogen-bond acceptors (Lipinski definition) is 1. The van der Waals surface area contributed by atoms with Crippen molar-refractivity contribution in [2.75, 3.05) is 13.1 Å². The lowest BCUT2D eigenvalue weighted by atomic mass is 9.78. The zero-order valence-corrected chi connectivity index (χ0v) is 7.40. The van der Waals surface area contributed by atoms with E-state index in [0.717, 1.165) is 13.1 Å². The fourth-order valence-corrected chi connectivity index (χ4v) is 1.10. The van der Waals surface area contributed by atoms with Crippen molar-refractivity contribution >= 4 is 6.03 Å². The highest BCUT2D eigenvalue weighted by Gasteiger charge is 2.32. The molecule has 1 fully saturated rings. The summed E-state index contributed by atoms with van der Waals surface area (Å²) in [6.07, 6.45) is 0. The minimum absolute atomic E-state index is 0.0388. The fourth-order valence-electron chi connectivity index (χ4n) is 1.10. The second-order valence-corrected chi connectivity index (χ2v) is 3.84. The lowest BCUT2D eigenvalue weighted by molar-refractivity contribution is 0.169. The molecular formula is C8H16N2O. The van der Waals surface area contributed by atoms with Crippen molar-refractivity contribution in [3.63, 3.8) is 0 Å². The van der Waals surface area contributed by atoms with Crippen LogP contribution < -0.4 is 10.6 Å². The maximum atomic E-state index is 10.8. The summed E-state index contributed by atoms with van der Waals surface area (Å²) >= 11 is 0. The van der Waals surface area contributed by atoms with E-state index in [0.29, 0.717) is 5.92 Å². The molecule has 0 saturated carbocycles. The normalized spacial score (nSPS) is 22.7. The van der Waals surface area contributed by atoms with Crippen molar-refractivity contribution in [3.8, 4) is 0 Å². The van der Waals surface area contributed by atoms with E-state index in [1.165, 1.54) is 0 Å². The number of carbonyl (C=O) groups is 1. The summed E-state index contributed by atoms with van der Waals surface area (Å²) < 4.78 is 0. The second-order valence-electron chi connectivity index (χ2n) is 3.84. The first-order valence-corrected chi connectivity index (χ1v) is 4.06. The van der Waals surface area contributed by atoms with Crippen molar-refractivity contribution in [1.82, 2.24) is 10.6 Å².